The molecule has 0 heterocycles. The molecule has 0 bridgehead atoms. The Hall–Kier alpha value is -2.45. The maximum Gasteiger partial charge on any atom is 0.297 e. The topological polar surface area (TPSA) is 71.1 Å². The van der Waals surface area contributed by atoms with Crippen molar-refractivity contribution in [1.82, 2.24) is 0 Å². The summed E-state index contributed by atoms with van der Waals surface area (Å²) < 4.78 is 47.1. The van der Waals surface area contributed by atoms with E-state index in [9.17, 15) is 8.42 Å². The van der Waals surface area contributed by atoms with E-state index in [1.807, 2.05) is 43.3 Å². The van der Waals surface area contributed by atoms with Crippen LogP contribution in [0, 0.1) is 6.92 Å². The minimum absolute atomic E-state index is 0.0923. The van der Waals surface area contributed by atoms with Crippen molar-refractivity contribution >= 4 is 20.9 Å². The molecule has 30 heavy (non-hydrogen) atoms. The number of ether oxygens (including phenoxy) is 3. The van der Waals surface area contributed by atoms with Crippen LogP contribution in [0.1, 0.15) is 11.1 Å². The van der Waals surface area contributed by atoms with Gasteiger partial charge in [-0.2, -0.15) is 8.42 Å². The maximum atomic E-state index is 12.8. The molecule has 3 rings (SSSR count). The van der Waals surface area contributed by atoms with Crippen LogP contribution in [0.4, 0.5) is 0 Å². The minimum Gasteiger partial charge on any atom is -0.497 e. The summed E-state index contributed by atoms with van der Waals surface area (Å²) in [5.41, 5.74) is 1.86. The van der Waals surface area contributed by atoms with Gasteiger partial charge in [0.05, 0.1) is 12.0 Å². The predicted octanol–water partition coefficient (Wildman–Crippen LogP) is 4.09. The molecule has 3 aromatic carbocycles. The Bertz CT molecular complexity index is 1090. The second-order valence-electron chi connectivity index (χ2n) is 6.99. The number of hydrogen-bond donors (Lipinski definition) is 0. The summed E-state index contributed by atoms with van der Waals surface area (Å²) in [5.74, 6) is 0.777. The number of benzene rings is 3. The molecule has 160 valence electrons. The van der Waals surface area contributed by atoms with Crippen molar-refractivity contribution in [3.05, 3.63) is 71.8 Å². The van der Waals surface area contributed by atoms with Gasteiger partial charge < -0.3 is 14.2 Å². The molecule has 0 aliphatic carbocycles. The van der Waals surface area contributed by atoms with E-state index in [4.69, 9.17) is 18.4 Å². The third-order valence-corrected chi connectivity index (χ3v) is 6.23. The molecule has 6 nitrogen and oxygen atoms in total. The van der Waals surface area contributed by atoms with Gasteiger partial charge in [-0.05, 0) is 47.5 Å². The Kier molecular flexibility index (Phi) is 7.10. The third kappa shape index (κ3) is 5.17. The van der Waals surface area contributed by atoms with Gasteiger partial charge in [0, 0.05) is 20.6 Å². The molecule has 0 radical (unpaired) electrons. The minimum atomic E-state index is -3.99. The molecule has 7 heteroatoms. The van der Waals surface area contributed by atoms with Crippen LogP contribution in [0.5, 0.6) is 5.75 Å². The first kappa shape index (κ1) is 22.2. The Morgan fingerprint density at radius 2 is 1.47 bits per heavy atom. The van der Waals surface area contributed by atoms with E-state index in [-0.39, 0.29) is 4.90 Å². The number of aryl methyl sites for hydroxylation is 1. The number of hydrogen-bond acceptors (Lipinski definition) is 6. The molecular formula is C23H26O6S. The first-order chi connectivity index (χ1) is 14.4. The zero-order valence-electron chi connectivity index (χ0n) is 17.5. The highest BCUT2D eigenvalue weighted by molar-refractivity contribution is 7.86. The quantitative estimate of drug-likeness (QED) is 0.376. The molecule has 0 fully saturated rings. The fourth-order valence-corrected chi connectivity index (χ4v) is 4.32. The highest BCUT2D eigenvalue weighted by Gasteiger charge is 2.29. The number of fused-ring (bicyclic) bond motifs is 1. The lowest BCUT2D eigenvalue weighted by atomic mass is 10.0. The van der Waals surface area contributed by atoms with E-state index in [1.54, 1.807) is 19.2 Å². The van der Waals surface area contributed by atoms with Crippen molar-refractivity contribution < 1.29 is 26.8 Å². The van der Waals surface area contributed by atoms with Crippen molar-refractivity contribution in [1.29, 1.82) is 0 Å². The van der Waals surface area contributed by atoms with Crippen molar-refractivity contribution in [2.24, 2.45) is 0 Å². The van der Waals surface area contributed by atoms with Crippen LogP contribution in [-0.2, 0) is 30.2 Å². The smallest absolute Gasteiger partial charge is 0.297 e. The van der Waals surface area contributed by atoms with Crippen LogP contribution in [0.3, 0.4) is 0 Å². The lowest BCUT2D eigenvalue weighted by molar-refractivity contribution is -0.154. The summed E-state index contributed by atoms with van der Waals surface area (Å²) >= 11 is 0. The SMILES string of the molecule is COc1ccc2cc(CC(OS(=O)(=O)c3ccc(C)cc3)C(OC)OC)ccc2c1. The molecule has 0 aliphatic rings. The maximum absolute atomic E-state index is 12.8. The van der Waals surface area contributed by atoms with Gasteiger partial charge in [-0.3, -0.25) is 4.18 Å². The zero-order valence-corrected chi connectivity index (χ0v) is 18.3. The van der Waals surface area contributed by atoms with E-state index in [0.29, 0.717) is 6.42 Å². The Balaban J connectivity index is 1.88. The molecule has 0 aliphatic heterocycles. The third-order valence-electron chi connectivity index (χ3n) is 4.88. The van der Waals surface area contributed by atoms with E-state index >= 15 is 0 Å². The van der Waals surface area contributed by atoms with Crippen molar-refractivity contribution in [2.75, 3.05) is 21.3 Å². The Morgan fingerprint density at radius 1 is 0.833 bits per heavy atom. The average Bonchev–Trinajstić information content (AvgIpc) is 2.74. The van der Waals surface area contributed by atoms with Crippen LogP contribution >= 0.6 is 0 Å². The number of methoxy groups -OCH3 is 3. The van der Waals surface area contributed by atoms with Crippen LogP contribution in [0.15, 0.2) is 65.6 Å². The summed E-state index contributed by atoms with van der Waals surface area (Å²) in [5, 5.41) is 2.04. The van der Waals surface area contributed by atoms with E-state index in [0.717, 1.165) is 27.6 Å². The predicted molar refractivity (Wildman–Crippen MR) is 115 cm³/mol. The zero-order chi connectivity index (χ0) is 21.7. The molecule has 3 aromatic rings. The monoisotopic (exact) mass is 430 g/mol. The summed E-state index contributed by atoms with van der Waals surface area (Å²) in [6.45, 7) is 1.89. The van der Waals surface area contributed by atoms with Crippen molar-refractivity contribution in [2.45, 2.75) is 30.6 Å². The molecular weight excluding hydrogens is 404 g/mol. The van der Waals surface area contributed by atoms with E-state index in [2.05, 4.69) is 0 Å². The largest absolute Gasteiger partial charge is 0.497 e. The van der Waals surface area contributed by atoms with Gasteiger partial charge in [0.1, 0.15) is 11.9 Å². The molecule has 1 atom stereocenters. The molecule has 0 amide bonds. The fraction of sp³-hybridized carbons (Fsp3) is 0.304. The van der Waals surface area contributed by atoms with Crippen molar-refractivity contribution in [3.8, 4) is 5.75 Å². The highest BCUT2D eigenvalue weighted by Crippen LogP contribution is 2.25. The van der Waals surface area contributed by atoms with Gasteiger partial charge in [0.25, 0.3) is 10.1 Å². The highest BCUT2D eigenvalue weighted by atomic mass is 32.2. The molecule has 0 saturated carbocycles. The molecule has 0 aromatic heterocycles. The summed E-state index contributed by atoms with van der Waals surface area (Å²) in [7, 11) is 0.545. The van der Waals surface area contributed by atoms with Crippen LogP contribution in [0.2, 0.25) is 0 Å². The first-order valence-electron chi connectivity index (χ1n) is 9.48. The van der Waals surface area contributed by atoms with Gasteiger partial charge in [0.15, 0.2) is 6.29 Å². The molecule has 0 spiro atoms. The fourth-order valence-electron chi connectivity index (χ4n) is 3.26. The van der Waals surface area contributed by atoms with Gasteiger partial charge in [-0.1, -0.05) is 42.0 Å². The van der Waals surface area contributed by atoms with Crippen LogP contribution in [-0.4, -0.2) is 42.1 Å². The Labute approximate surface area is 177 Å². The molecule has 0 N–H and O–H groups in total. The van der Waals surface area contributed by atoms with Crippen LogP contribution in [0.25, 0.3) is 10.8 Å². The molecule has 0 saturated heterocycles. The van der Waals surface area contributed by atoms with Crippen LogP contribution < -0.4 is 4.74 Å². The van der Waals surface area contributed by atoms with E-state index in [1.165, 1.54) is 26.4 Å². The lowest BCUT2D eigenvalue weighted by Gasteiger charge is -2.24. The average molecular weight is 431 g/mol. The normalized spacial score (nSPS) is 13.0. The second-order valence-corrected chi connectivity index (χ2v) is 8.57. The van der Waals surface area contributed by atoms with Gasteiger partial charge >= 0.3 is 0 Å². The standard InChI is InChI=1S/C23H26O6S/c1-16-5-11-21(12-6-16)30(24,25)29-22(23(27-3)28-4)14-17-7-8-19-15-20(26-2)10-9-18(19)13-17/h5-13,15,22-23H,14H2,1-4H3. The Morgan fingerprint density at radius 3 is 2.10 bits per heavy atom. The molecule has 1 unspecified atom stereocenters. The summed E-state index contributed by atoms with van der Waals surface area (Å²) in [6.07, 6.45) is -1.42. The van der Waals surface area contributed by atoms with Gasteiger partial charge in [-0.25, -0.2) is 0 Å². The van der Waals surface area contributed by atoms with E-state index < -0.39 is 22.5 Å². The van der Waals surface area contributed by atoms with Crippen molar-refractivity contribution in [3.63, 3.8) is 0 Å². The first-order valence-corrected chi connectivity index (χ1v) is 10.9. The summed E-state index contributed by atoms with van der Waals surface area (Å²) in [4.78, 5) is 0.0923. The van der Waals surface area contributed by atoms with Gasteiger partial charge in [0.2, 0.25) is 0 Å². The summed E-state index contributed by atoms with van der Waals surface area (Å²) in [6, 6.07) is 18.2. The lowest BCUT2D eigenvalue weighted by Crippen LogP contribution is -2.36. The number of rotatable bonds is 9. The second kappa shape index (κ2) is 9.57. The van der Waals surface area contributed by atoms with Gasteiger partial charge in [-0.15, -0.1) is 0 Å².